The van der Waals surface area contributed by atoms with Crippen molar-refractivity contribution in [3.05, 3.63) is 23.8 Å². The molecule has 1 unspecified atom stereocenters. The normalized spacial score (nSPS) is 18.9. The molecule has 7 heteroatoms. The van der Waals surface area contributed by atoms with E-state index in [2.05, 4.69) is 5.32 Å². The van der Waals surface area contributed by atoms with E-state index in [0.29, 0.717) is 5.56 Å². The second kappa shape index (κ2) is 5.80. The van der Waals surface area contributed by atoms with Gasteiger partial charge in [0.1, 0.15) is 11.0 Å². The monoisotopic (exact) mass is 309 g/mol. The molecule has 0 bridgehead atoms. The molecule has 1 fully saturated rings. The number of piperazine rings is 1. The molecule has 1 aliphatic rings. The molecule has 0 aromatic heterocycles. The molecule has 2 amide bonds. The van der Waals surface area contributed by atoms with Gasteiger partial charge in [-0.15, -0.1) is 11.8 Å². The van der Waals surface area contributed by atoms with E-state index >= 15 is 0 Å². The summed E-state index contributed by atoms with van der Waals surface area (Å²) in [6, 6.07) is 5.17. The van der Waals surface area contributed by atoms with Gasteiger partial charge in [0.15, 0.2) is 0 Å². The SMILES string of the molecule is CSc1cccc(N2CC(=O)NC(=O)C2C)c1C(N)=S. The molecule has 5 nitrogen and oxygen atoms in total. The predicted molar refractivity (Wildman–Crippen MR) is 84.1 cm³/mol. The third-order valence-corrected chi connectivity index (χ3v) is 4.19. The van der Waals surface area contributed by atoms with E-state index in [9.17, 15) is 9.59 Å². The minimum Gasteiger partial charge on any atom is -0.389 e. The highest BCUT2D eigenvalue weighted by molar-refractivity contribution is 7.98. The fourth-order valence-electron chi connectivity index (χ4n) is 2.19. The number of thioether (sulfide) groups is 1. The highest BCUT2D eigenvalue weighted by Gasteiger charge is 2.32. The Kier molecular flexibility index (Phi) is 4.29. The average molecular weight is 309 g/mol. The average Bonchev–Trinajstić information content (AvgIpc) is 2.41. The number of hydrogen-bond acceptors (Lipinski definition) is 5. The highest BCUT2D eigenvalue weighted by atomic mass is 32.2. The standard InChI is InChI=1S/C13H15N3O2S2/c1-7-13(18)15-10(17)6-16(7)8-4-3-5-9(20-2)11(8)12(14)19/h3-5,7H,6H2,1-2H3,(H2,14,19)(H,15,17,18). The first-order chi connectivity index (χ1) is 9.45. The zero-order chi connectivity index (χ0) is 14.9. The lowest BCUT2D eigenvalue weighted by Crippen LogP contribution is -2.57. The Bertz CT molecular complexity index is 589. The molecule has 20 heavy (non-hydrogen) atoms. The predicted octanol–water partition coefficient (Wildman–Crippen LogP) is 0.894. The van der Waals surface area contributed by atoms with Crippen molar-refractivity contribution in [2.24, 2.45) is 5.73 Å². The number of nitrogens with zero attached hydrogens (tertiary/aromatic N) is 1. The van der Waals surface area contributed by atoms with Crippen molar-refractivity contribution >= 4 is 46.5 Å². The molecular weight excluding hydrogens is 294 g/mol. The molecule has 0 aliphatic carbocycles. The lowest BCUT2D eigenvalue weighted by molar-refractivity contribution is -0.132. The van der Waals surface area contributed by atoms with Crippen molar-refractivity contribution < 1.29 is 9.59 Å². The summed E-state index contributed by atoms with van der Waals surface area (Å²) in [4.78, 5) is 26.3. The summed E-state index contributed by atoms with van der Waals surface area (Å²) in [5.41, 5.74) is 7.25. The Morgan fingerprint density at radius 1 is 1.50 bits per heavy atom. The molecule has 0 spiro atoms. The highest BCUT2D eigenvalue weighted by Crippen LogP contribution is 2.31. The molecular formula is C13H15N3O2S2. The zero-order valence-corrected chi connectivity index (χ0v) is 12.8. The molecule has 1 heterocycles. The Hall–Kier alpha value is -1.60. The molecule has 0 radical (unpaired) electrons. The Morgan fingerprint density at radius 3 is 2.80 bits per heavy atom. The number of nitrogens with two attached hydrogens (primary N) is 1. The van der Waals surface area contributed by atoms with Crippen molar-refractivity contribution in [1.82, 2.24) is 5.32 Å². The van der Waals surface area contributed by atoms with Gasteiger partial charge < -0.3 is 10.6 Å². The van der Waals surface area contributed by atoms with Gasteiger partial charge in [-0.1, -0.05) is 18.3 Å². The van der Waals surface area contributed by atoms with Gasteiger partial charge >= 0.3 is 0 Å². The van der Waals surface area contributed by atoms with E-state index in [1.54, 1.807) is 11.8 Å². The number of imide groups is 1. The number of carbonyl (C=O) groups excluding carboxylic acids is 2. The largest absolute Gasteiger partial charge is 0.389 e. The van der Waals surface area contributed by atoms with Crippen LogP contribution in [0.4, 0.5) is 5.69 Å². The minimum absolute atomic E-state index is 0.111. The molecule has 1 atom stereocenters. The van der Waals surface area contributed by atoms with E-state index < -0.39 is 6.04 Å². The summed E-state index contributed by atoms with van der Waals surface area (Å²) in [5.74, 6) is -0.638. The first-order valence-corrected chi connectivity index (χ1v) is 7.66. The van der Waals surface area contributed by atoms with Gasteiger partial charge in [0.05, 0.1) is 6.54 Å². The van der Waals surface area contributed by atoms with Gasteiger partial charge in [-0.3, -0.25) is 14.9 Å². The number of amides is 2. The third kappa shape index (κ3) is 2.64. The number of hydrogen-bond donors (Lipinski definition) is 2. The van der Waals surface area contributed by atoms with Crippen molar-refractivity contribution in [1.29, 1.82) is 0 Å². The van der Waals surface area contributed by atoms with Crippen molar-refractivity contribution in [3.63, 3.8) is 0 Å². The number of rotatable bonds is 3. The number of carbonyl (C=O) groups is 2. The maximum atomic E-state index is 11.8. The van der Waals surface area contributed by atoms with Crippen LogP contribution in [0.1, 0.15) is 12.5 Å². The fourth-order valence-corrected chi connectivity index (χ4v) is 3.10. The van der Waals surface area contributed by atoms with Crippen LogP contribution in [0.25, 0.3) is 0 Å². The molecule has 2 rings (SSSR count). The van der Waals surface area contributed by atoms with Crippen LogP contribution in [-0.2, 0) is 9.59 Å². The molecule has 1 aromatic carbocycles. The summed E-state index contributed by atoms with van der Waals surface area (Å²) in [5, 5.41) is 2.32. The molecule has 1 aliphatic heterocycles. The van der Waals surface area contributed by atoms with Gasteiger partial charge in [-0.2, -0.15) is 0 Å². The van der Waals surface area contributed by atoms with Gasteiger partial charge in [0.25, 0.3) is 0 Å². The molecule has 106 valence electrons. The van der Waals surface area contributed by atoms with E-state index in [1.165, 1.54) is 11.8 Å². The summed E-state index contributed by atoms with van der Waals surface area (Å²) in [6.07, 6.45) is 1.93. The van der Waals surface area contributed by atoms with Crippen LogP contribution in [0.5, 0.6) is 0 Å². The summed E-state index contributed by atoms with van der Waals surface area (Å²) < 4.78 is 0. The van der Waals surface area contributed by atoms with Crippen LogP contribution >= 0.6 is 24.0 Å². The first kappa shape index (κ1) is 14.8. The second-order valence-corrected chi connectivity index (χ2v) is 5.72. The van der Waals surface area contributed by atoms with Crippen molar-refractivity contribution in [3.8, 4) is 0 Å². The third-order valence-electron chi connectivity index (χ3n) is 3.20. The van der Waals surface area contributed by atoms with Gasteiger partial charge in [0.2, 0.25) is 11.8 Å². The molecule has 1 saturated heterocycles. The fraction of sp³-hybridized carbons (Fsp3) is 0.308. The summed E-state index contributed by atoms with van der Waals surface area (Å²) in [7, 11) is 0. The smallest absolute Gasteiger partial charge is 0.249 e. The van der Waals surface area contributed by atoms with Crippen LogP contribution in [0.15, 0.2) is 23.1 Å². The van der Waals surface area contributed by atoms with Crippen LogP contribution in [0, 0.1) is 0 Å². The van der Waals surface area contributed by atoms with Crippen LogP contribution in [0.3, 0.4) is 0 Å². The van der Waals surface area contributed by atoms with Crippen LogP contribution < -0.4 is 16.0 Å². The maximum absolute atomic E-state index is 11.8. The van der Waals surface area contributed by atoms with Crippen LogP contribution in [0.2, 0.25) is 0 Å². The molecule has 0 saturated carbocycles. The summed E-state index contributed by atoms with van der Waals surface area (Å²) >= 11 is 6.65. The number of anilines is 1. The molecule has 1 aromatic rings. The number of benzene rings is 1. The Labute approximate surface area is 126 Å². The van der Waals surface area contributed by atoms with Crippen molar-refractivity contribution in [2.45, 2.75) is 17.9 Å². The number of thiocarbonyl (C=S) groups is 1. The van der Waals surface area contributed by atoms with Crippen molar-refractivity contribution in [2.75, 3.05) is 17.7 Å². The van der Waals surface area contributed by atoms with E-state index in [0.717, 1.165) is 10.6 Å². The van der Waals surface area contributed by atoms with Gasteiger partial charge in [-0.25, -0.2) is 0 Å². The van der Waals surface area contributed by atoms with E-state index in [4.69, 9.17) is 18.0 Å². The van der Waals surface area contributed by atoms with Gasteiger partial charge in [0, 0.05) is 16.1 Å². The Morgan fingerprint density at radius 2 is 2.20 bits per heavy atom. The first-order valence-electron chi connectivity index (χ1n) is 6.03. The topological polar surface area (TPSA) is 75.4 Å². The maximum Gasteiger partial charge on any atom is 0.249 e. The second-order valence-electron chi connectivity index (χ2n) is 4.43. The van der Waals surface area contributed by atoms with Gasteiger partial charge in [-0.05, 0) is 25.3 Å². The van der Waals surface area contributed by atoms with Crippen LogP contribution in [-0.4, -0.2) is 35.6 Å². The van der Waals surface area contributed by atoms with E-state index in [1.807, 2.05) is 24.5 Å². The lowest BCUT2D eigenvalue weighted by Gasteiger charge is -2.35. The molecule has 3 N–H and O–H groups in total. The zero-order valence-electron chi connectivity index (χ0n) is 11.2. The number of nitrogens with one attached hydrogen (secondary N) is 1. The lowest BCUT2D eigenvalue weighted by atomic mass is 10.1. The summed E-state index contributed by atoms with van der Waals surface area (Å²) in [6.45, 7) is 1.86. The van der Waals surface area contributed by atoms with E-state index in [-0.39, 0.29) is 23.3 Å². The quantitative estimate of drug-likeness (QED) is 0.491. The Balaban J connectivity index is 2.54. The minimum atomic E-state index is -0.446.